The van der Waals surface area contributed by atoms with Crippen molar-refractivity contribution in [1.29, 1.82) is 0 Å². The second-order valence-electron chi connectivity index (χ2n) is 11.5. The van der Waals surface area contributed by atoms with Crippen molar-refractivity contribution in [3.05, 3.63) is 0 Å². The molecule has 2 rings (SSSR count). The number of aliphatic hydroxyl groups is 5. The fraction of sp³-hybridized carbons (Fsp3) is 0.917. The van der Waals surface area contributed by atoms with Gasteiger partial charge in [-0.25, -0.2) is 4.79 Å². The van der Waals surface area contributed by atoms with E-state index in [4.69, 9.17) is 18.9 Å². The van der Waals surface area contributed by atoms with Crippen LogP contribution in [0.5, 0.6) is 0 Å². The minimum Gasteiger partial charge on any atom is -0.481 e. The van der Waals surface area contributed by atoms with Crippen molar-refractivity contribution < 1.29 is 64.3 Å². The highest BCUT2D eigenvalue weighted by Crippen LogP contribution is 2.47. The van der Waals surface area contributed by atoms with E-state index < -0.39 is 95.3 Å². The van der Waals surface area contributed by atoms with Crippen LogP contribution in [0.15, 0.2) is 0 Å². The Labute approximate surface area is 215 Å². The van der Waals surface area contributed by atoms with Gasteiger partial charge >= 0.3 is 11.9 Å². The first-order valence-corrected chi connectivity index (χ1v) is 12.1. The predicted octanol–water partition coefficient (Wildman–Crippen LogP) is -1.40. The maximum atomic E-state index is 12.1. The van der Waals surface area contributed by atoms with Gasteiger partial charge in [0, 0.05) is 25.6 Å². The lowest BCUT2D eigenvalue weighted by molar-refractivity contribution is -0.298. The highest BCUT2D eigenvalue weighted by Gasteiger charge is 2.61. The summed E-state index contributed by atoms with van der Waals surface area (Å²) >= 11 is 0. The lowest BCUT2D eigenvalue weighted by Gasteiger charge is -2.52. The summed E-state index contributed by atoms with van der Waals surface area (Å²) in [6, 6.07) is 0. The summed E-state index contributed by atoms with van der Waals surface area (Å²) in [5.41, 5.74) is -4.03. The number of hydrogen-bond donors (Lipinski definition) is 7. The van der Waals surface area contributed by atoms with Crippen LogP contribution in [-0.2, 0) is 28.5 Å². The highest BCUT2D eigenvalue weighted by molar-refractivity contribution is 5.73. The molecule has 13 heteroatoms. The maximum absolute atomic E-state index is 12.1. The van der Waals surface area contributed by atoms with Crippen LogP contribution >= 0.6 is 0 Å². The number of aliphatic carboxylic acids is 2. The van der Waals surface area contributed by atoms with Gasteiger partial charge < -0.3 is 54.7 Å². The average molecular weight is 539 g/mol. The van der Waals surface area contributed by atoms with E-state index in [0.29, 0.717) is 0 Å². The Morgan fingerprint density at radius 1 is 0.811 bits per heavy atom. The van der Waals surface area contributed by atoms with Gasteiger partial charge in [0.25, 0.3) is 0 Å². The summed E-state index contributed by atoms with van der Waals surface area (Å²) in [5, 5.41) is 73.8. The smallest absolute Gasteiger partial charge is 0.335 e. The average Bonchev–Trinajstić information content (AvgIpc) is 3.04. The Bertz CT molecular complexity index is 827. The van der Waals surface area contributed by atoms with Gasteiger partial charge in [-0.3, -0.25) is 4.79 Å². The van der Waals surface area contributed by atoms with Gasteiger partial charge in [0.1, 0.15) is 30.3 Å². The normalized spacial score (nSPS) is 38.4. The number of methoxy groups -OCH3 is 2. The first kappa shape index (κ1) is 31.8. The van der Waals surface area contributed by atoms with Gasteiger partial charge in [0.05, 0.1) is 35.6 Å². The largest absolute Gasteiger partial charge is 0.481 e. The fourth-order valence-electron chi connectivity index (χ4n) is 5.23. The number of carbonyl (C=O) groups is 2. The molecule has 1 saturated heterocycles. The van der Waals surface area contributed by atoms with E-state index in [1.807, 2.05) is 0 Å². The van der Waals surface area contributed by atoms with E-state index in [1.165, 1.54) is 41.9 Å². The monoisotopic (exact) mass is 538 g/mol. The van der Waals surface area contributed by atoms with Gasteiger partial charge in [-0.15, -0.1) is 0 Å². The number of carboxylic acid groups (broad SMARTS) is 2. The van der Waals surface area contributed by atoms with Crippen LogP contribution < -0.4 is 0 Å². The molecule has 0 aromatic rings. The van der Waals surface area contributed by atoms with Gasteiger partial charge in [-0.05, 0) is 27.7 Å². The zero-order valence-electron chi connectivity index (χ0n) is 22.4. The second-order valence-corrected chi connectivity index (χ2v) is 11.5. The molecule has 1 saturated carbocycles. The molecule has 0 aromatic carbocycles. The van der Waals surface area contributed by atoms with Crippen LogP contribution in [0.3, 0.4) is 0 Å². The lowest BCUT2D eigenvalue weighted by Crippen LogP contribution is -2.67. The molecule has 0 spiro atoms. The van der Waals surface area contributed by atoms with Gasteiger partial charge in [0.2, 0.25) is 0 Å². The molecule has 2 aliphatic rings. The van der Waals surface area contributed by atoms with Crippen molar-refractivity contribution in [3.8, 4) is 0 Å². The van der Waals surface area contributed by atoms with Crippen LogP contribution in [0.25, 0.3) is 0 Å². The molecule has 13 nitrogen and oxygen atoms in total. The summed E-state index contributed by atoms with van der Waals surface area (Å²) in [6.45, 7) is 9.16. The highest BCUT2D eigenvalue weighted by atomic mass is 16.6. The van der Waals surface area contributed by atoms with E-state index in [9.17, 15) is 45.3 Å². The Hall–Kier alpha value is -1.42. The number of carboxylic acids is 2. The van der Waals surface area contributed by atoms with Crippen molar-refractivity contribution in [2.24, 2.45) is 17.3 Å². The van der Waals surface area contributed by atoms with Crippen LogP contribution in [0, 0.1) is 17.3 Å². The molecule has 1 aliphatic heterocycles. The first-order valence-electron chi connectivity index (χ1n) is 12.1. The SMILES string of the molecule is CO[C@H]1C(O)C([C@@H](O)C(C)(C)C(C)(C)O[C@@H]2C(C(=O)O)O[C@@H](C(C)(C)OC)C(O)C2O)[C@H](O)C1C(=O)O. The Balaban J connectivity index is 2.38. The molecule has 2 fully saturated rings. The molecule has 1 aliphatic carbocycles. The van der Waals surface area contributed by atoms with Crippen molar-refractivity contribution in [1.82, 2.24) is 0 Å². The van der Waals surface area contributed by atoms with Crippen molar-refractivity contribution >= 4 is 11.9 Å². The van der Waals surface area contributed by atoms with Crippen molar-refractivity contribution in [3.63, 3.8) is 0 Å². The first-order chi connectivity index (χ1) is 16.8. The molecule has 216 valence electrons. The number of aliphatic hydroxyl groups excluding tert-OH is 5. The molecular weight excluding hydrogens is 496 g/mol. The predicted molar refractivity (Wildman–Crippen MR) is 126 cm³/mol. The van der Waals surface area contributed by atoms with E-state index >= 15 is 0 Å². The third-order valence-corrected chi connectivity index (χ3v) is 8.53. The van der Waals surface area contributed by atoms with E-state index in [1.54, 1.807) is 13.8 Å². The zero-order chi connectivity index (χ0) is 28.8. The quantitative estimate of drug-likeness (QED) is 0.171. The van der Waals surface area contributed by atoms with Crippen LogP contribution in [0.1, 0.15) is 41.5 Å². The number of ether oxygens (including phenoxy) is 4. The molecule has 0 bridgehead atoms. The number of rotatable bonds is 10. The maximum Gasteiger partial charge on any atom is 0.335 e. The molecule has 7 N–H and O–H groups in total. The molecular formula is C24H42O13. The van der Waals surface area contributed by atoms with Gasteiger partial charge in [-0.2, -0.15) is 0 Å². The molecule has 11 atom stereocenters. The third kappa shape index (κ3) is 5.52. The van der Waals surface area contributed by atoms with Crippen LogP contribution in [0.2, 0.25) is 0 Å². The summed E-state index contributed by atoms with van der Waals surface area (Å²) in [7, 11) is 2.53. The summed E-state index contributed by atoms with van der Waals surface area (Å²) < 4.78 is 22.1. The fourth-order valence-corrected chi connectivity index (χ4v) is 5.23. The van der Waals surface area contributed by atoms with Crippen molar-refractivity contribution in [2.75, 3.05) is 14.2 Å². The lowest BCUT2D eigenvalue weighted by atomic mass is 9.67. The standard InChI is InChI=1S/C24H42O13/c1-22(2,18(29)9-11(25)10(20(30)31)15(34-7)12(9)26)24(5,6)37-16-13(27)14(28)19(23(3,4)35-8)36-17(16)21(32)33/h9-19,25-29H,1-8H3,(H,30,31)(H,32,33)/t9?,10?,11-,12?,13?,14?,15+,16-,17?,18+,19+/m0/s1. The van der Waals surface area contributed by atoms with Crippen LogP contribution in [0.4, 0.5) is 0 Å². The van der Waals surface area contributed by atoms with Crippen LogP contribution in [-0.4, -0.2) is 128 Å². The van der Waals surface area contributed by atoms with Crippen molar-refractivity contribution in [2.45, 2.75) is 108 Å². The minimum atomic E-state index is -1.72. The molecule has 0 aromatic heterocycles. The molecule has 1 heterocycles. The Kier molecular flexibility index (Phi) is 9.44. The molecule has 6 unspecified atom stereocenters. The van der Waals surface area contributed by atoms with Gasteiger partial charge in [0.15, 0.2) is 6.10 Å². The second kappa shape index (κ2) is 11.0. The number of hydrogen-bond acceptors (Lipinski definition) is 11. The third-order valence-electron chi connectivity index (χ3n) is 8.53. The Morgan fingerprint density at radius 2 is 1.35 bits per heavy atom. The molecule has 0 amide bonds. The molecule has 37 heavy (non-hydrogen) atoms. The van der Waals surface area contributed by atoms with E-state index in [-0.39, 0.29) is 0 Å². The molecule has 0 radical (unpaired) electrons. The topological polar surface area (TPSA) is 213 Å². The summed E-state index contributed by atoms with van der Waals surface area (Å²) in [5.74, 6) is -5.73. The van der Waals surface area contributed by atoms with E-state index in [2.05, 4.69) is 0 Å². The summed E-state index contributed by atoms with van der Waals surface area (Å²) in [4.78, 5) is 23.8. The van der Waals surface area contributed by atoms with E-state index in [0.717, 1.165) is 0 Å². The zero-order valence-corrected chi connectivity index (χ0v) is 22.4. The van der Waals surface area contributed by atoms with Gasteiger partial charge in [-0.1, -0.05) is 13.8 Å². The minimum absolute atomic E-state index is 1.16. The Morgan fingerprint density at radius 3 is 1.76 bits per heavy atom. The summed E-state index contributed by atoms with van der Waals surface area (Å²) in [6.07, 6.45) is -13.9.